The molecule has 0 aromatic carbocycles. The third kappa shape index (κ3) is 5.74. The number of aliphatic hydroxyl groups is 1. The number of imidazole rings is 1. The first kappa shape index (κ1) is 25.2. The van der Waals surface area contributed by atoms with Gasteiger partial charge in [0.15, 0.2) is 23.8 Å². The Hall–Kier alpha value is -1.40. The second-order valence-electron chi connectivity index (χ2n) is 6.13. The van der Waals surface area contributed by atoms with E-state index in [0.717, 1.165) is 6.33 Å². The summed E-state index contributed by atoms with van der Waals surface area (Å²) in [5, 5.41) is 10.4. The van der Waals surface area contributed by atoms with Gasteiger partial charge in [-0.05, 0) is 0 Å². The highest BCUT2D eigenvalue weighted by molar-refractivity contribution is 7.66. The molecule has 19 nitrogen and oxygen atoms in total. The number of hydrogen-bond donors (Lipinski definition) is 7. The summed E-state index contributed by atoms with van der Waals surface area (Å²) in [7, 11) is -16.7. The zero-order chi connectivity index (χ0) is 23.9. The van der Waals surface area contributed by atoms with Gasteiger partial charge in [-0.25, -0.2) is 34.5 Å². The van der Waals surface area contributed by atoms with Gasteiger partial charge in [0.05, 0.1) is 12.9 Å². The van der Waals surface area contributed by atoms with Gasteiger partial charge in [-0.15, -0.1) is 0 Å². The SMILES string of the molecule is NO[C@@H]1[C@H](O)[C@@H](COP(=O)(O)OP(=O)(O)OP(=O)(O)O)O[C@H]1n1cnc2c(N)ncnc21. The van der Waals surface area contributed by atoms with Crippen LogP contribution in [0.3, 0.4) is 0 Å². The van der Waals surface area contributed by atoms with E-state index in [0.29, 0.717) is 0 Å². The van der Waals surface area contributed by atoms with Gasteiger partial charge in [-0.2, -0.15) is 8.62 Å². The van der Waals surface area contributed by atoms with Crippen LogP contribution in [0.4, 0.5) is 5.82 Å². The molecule has 3 heterocycles. The minimum absolute atomic E-state index is 0.0571. The molecule has 1 fully saturated rings. The number of phosphoric ester groups is 1. The van der Waals surface area contributed by atoms with E-state index in [4.69, 9.17) is 35.9 Å². The highest BCUT2D eigenvalue weighted by Crippen LogP contribution is 2.66. The first-order valence-corrected chi connectivity index (χ1v) is 12.7. The van der Waals surface area contributed by atoms with Crippen LogP contribution >= 0.6 is 23.5 Å². The van der Waals surface area contributed by atoms with Crippen molar-refractivity contribution in [2.24, 2.45) is 5.90 Å². The summed E-state index contributed by atoms with van der Waals surface area (Å²) in [6.45, 7) is -0.926. The minimum Gasteiger partial charge on any atom is -0.387 e. The largest absolute Gasteiger partial charge is 0.490 e. The number of nitrogens with zero attached hydrogens (tertiary/aromatic N) is 4. The maximum absolute atomic E-state index is 11.9. The second kappa shape index (κ2) is 9.09. The number of hydrogen-bond acceptors (Lipinski definition) is 14. The highest BCUT2D eigenvalue weighted by Gasteiger charge is 2.48. The number of nitrogen functional groups attached to an aromatic ring is 1. The third-order valence-corrected chi connectivity index (χ3v) is 7.75. The van der Waals surface area contributed by atoms with Gasteiger partial charge >= 0.3 is 23.5 Å². The zero-order valence-electron chi connectivity index (χ0n) is 15.5. The number of ether oxygens (including phenoxy) is 1. The molecule has 0 aliphatic carbocycles. The smallest absolute Gasteiger partial charge is 0.387 e. The highest BCUT2D eigenvalue weighted by atomic mass is 31.3. The molecule has 1 aliphatic heterocycles. The van der Waals surface area contributed by atoms with Gasteiger partial charge < -0.3 is 35.2 Å². The Balaban J connectivity index is 1.73. The summed E-state index contributed by atoms with van der Waals surface area (Å²) in [6, 6.07) is 0. The average Bonchev–Trinajstić information content (AvgIpc) is 3.18. The zero-order valence-corrected chi connectivity index (χ0v) is 18.1. The Morgan fingerprint density at radius 2 is 1.78 bits per heavy atom. The fourth-order valence-corrected chi connectivity index (χ4v) is 5.78. The van der Waals surface area contributed by atoms with Crippen LogP contribution in [0.1, 0.15) is 6.23 Å². The molecule has 2 aromatic heterocycles. The Morgan fingerprint density at radius 3 is 2.41 bits per heavy atom. The number of aromatic nitrogens is 4. The molecule has 0 spiro atoms. The molecule has 9 N–H and O–H groups in total. The molecule has 2 unspecified atom stereocenters. The van der Waals surface area contributed by atoms with Crippen LogP contribution in [-0.2, 0) is 36.4 Å². The van der Waals surface area contributed by atoms with E-state index < -0.39 is 54.6 Å². The maximum Gasteiger partial charge on any atom is 0.490 e. The molecular formula is C10H17N6O13P3. The number of rotatable bonds is 9. The molecule has 1 saturated heterocycles. The number of phosphoric acid groups is 3. The van der Waals surface area contributed by atoms with Crippen LogP contribution in [0, 0.1) is 0 Å². The molecule has 1 aliphatic rings. The molecule has 0 saturated carbocycles. The van der Waals surface area contributed by atoms with E-state index in [9.17, 15) is 23.7 Å². The van der Waals surface area contributed by atoms with Crippen molar-refractivity contribution in [2.75, 3.05) is 12.3 Å². The summed E-state index contributed by atoms with van der Waals surface area (Å²) in [5.41, 5.74) is 6.10. The van der Waals surface area contributed by atoms with E-state index in [1.165, 1.54) is 10.9 Å². The van der Waals surface area contributed by atoms with Gasteiger partial charge in [-0.3, -0.25) is 13.9 Å². The fraction of sp³-hybridized carbons (Fsp3) is 0.500. The summed E-state index contributed by atoms with van der Waals surface area (Å²) in [6.07, 6.45) is -3.03. The van der Waals surface area contributed by atoms with Gasteiger partial charge in [0.2, 0.25) is 0 Å². The first-order chi connectivity index (χ1) is 14.7. The van der Waals surface area contributed by atoms with Crippen molar-refractivity contribution in [3.8, 4) is 0 Å². The summed E-state index contributed by atoms with van der Waals surface area (Å²) >= 11 is 0. The Morgan fingerprint density at radius 1 is 1.09 bits per heavy atom. The van der Waals surface area contributed by atoms with Crippen molar-refractivity contribution in [1.82, 2.24) is 19.5 Å². The second-order valence-corrected chi connectivity index (χ2v) is 10.5. The van der Waals surface area contributed by atoms with E-state index in [1.807, 2.05) is 0 Å². The predicted molar refractivity (Wildman–Crippen MR) is 98.5 cm³/mol. The standard InChI is InChI=1S/C10H17N6O13P3/c11-8-5-9(14-2-13-8)16(3-15-5)10-7(27-12)6(17)4(26-10)1-25-31(21,22)29-32(23,24)28-30(18,19)20/h2-4,6-7,10,17H,1,12H2,(H,21,22)(H,23,24)(H2,11,13,14)(H2,18,19,20)/t4-,6-,7-,10-/m1/s1. The Labute approximate surface area is 177 Å². The van der Waals surface area contributed by atoms with E-state index in [-0.39, 0.29) is 17.0 Å². The molecule has 6 atom stereocenters. The van der Waals surface area contributed by atoms with Gasteiger partial charge in [0, 0.05) is 0 Å². The van der Waals surface area contributed by atoms with Gasteiger partial charge in [-0.1, -0.05) is 0 Å². The normalized spacial score (nSPS) is 27.9. The van der Waals surface area contributed by atoms with E-state index in [2.05, 4.69) is 28.1 Å². The number of fused-ring (bicyclic) bond motifs is 1. The fourth-order valence-electron chi connectivity index (χ4n) is 2.75. The molecule has 0 bridgehead atoms. The van der Waals surface area contributed by atoms with E-state index in [1.54, 1.807) is 0 Å². The molecule has 2 aromatic rings. The first-order valence-electron chi connectivity index (χ1n) is 8.13. The third-order valence-electron chi connectivity index (χ3n) is 3.95. The lowest BCUT2D eigenvalue weighted by atomic mass is 10.1. The van der Waals surface area contributed by atoms with Gasteiger partial charge in [0.25, 0.3) is 0 Å². The number of anilines is 1. The summed E-state index contributed by atoms with van der Waals surface area (Å²) in [5.74, 6) is 5.28. The molecule has 180 valence electrons. The number of nitrogens with two attached hydrogens (primary N) is 2. The lowest BCUT2D eigenvalue weighted by molar-refractivity contribution is -0.0715. The van der Waals surface area contributed by atoms with Gasteiger partial charge in [0.1, 0.15) is 24.1 Å². The topological polar surface area (TPSA) is 294 Å². The van der Waals surface area contributed by atoms with Crippen molar-refractivity contribution < 1.29 is 61.1 Å². The van der Waals surface area contributed by atoms with Crippen LogP contribution in [0.5, 0.6) is 0 Å². The lowest BCUT2D eigenvalue weighted by Gasteiger charge is -2.19. The molecule has 0 radical (unpaired) electrons. The lowest BCUT2D eigenvalue weighted by Crippen LogP contribution is -2.37. The molecule has 22 heteroatoms. The van der Waals surface area contributed by atoms with Crippen LogP contribution in [0.25, 0.3) is 11.2 Å². The quantitative estimate of drug-likeness (QED) is 0.142. The Kier molecular flexibility index (Phi) is 7.17. The molecular weight excluding hydrogens is 505 g/mol. The molecule has 32 heavy (non-hydrogen) atoms. The summed E-state index contributed by atoms with van der Waals surface area (Å²) < 4.78 is 52.4. The molecule has 3 rings (SSSR count). The van der Waals surface area contributed by atoms with Crippen molar-refractivity contribution in [2.45, 2.75) is 24.5 Å². The van der Waals surface area contributed by atoms with Crippen LogP contribution in [-0.4, -0.2) is 69.1 Å². The predicted octanol–water partition coefficient (Wildman–Crippen LogP) is -1.73. The van der Waals surface area contributed by atoms with Crippen LogP contribution in [0.15, 0.2) is 12.7 Å². The van der Waals surface area contributed by atoms with Crippen molar-refractivity contribution in [1.29, 1.82) is 0 Å². The maximum atomic E-state index is 11.9. The van der Waals surface area contributed by atoms with Crippen molar-refractivity contribution >= 4 is 40.4 Å². The van der Waals surface area contributed by atoms with E-state index >= 15 is 0 Å². The summed E-state index contributed by atoms with van der Waals surface area (Å²) in [4.78, 5) is 52.3. The van der Waals surface area contributed by atoms with Crippen molar-refractivity contribution in [3.63, 3.8) is 0 Å². The monoisotopic (exact) mass is 522 g/mol. The van der Waals surface area contributed by atoms with Crippen LogP contribution in [0.2, 0.25) is 0 Å². The number of aliphatic hydroxyl groups excluding tert-OH is 1. The van der Waals surface area contributed by atoms with Crippen LogP contribution < -0.4 is 11.6 Å². The molecule has 0 amide bonds. The average molecular weight is 522 g/mol. The Bertz CT molecular complexity index is 1120. The van der Waals surface area contributed by atoms with Crippen molar-refractivity contribution in [3.05, 3.63) is 12.7 Å². The minimum atomic E-state index is -5.70.